The highest BCUT2D eigenvalue weighted by Gasteiger charge is 2.66. The zero-order chi connectivity index (χ0) is 43.8. The topological polar surface area (TPSA) is 175 Å². The Morgan fingerprint density at radius 1 is 0.780 bits per heavy atom. The van der Waals surface area contributed by atoms with E-state index in [9.17, 15) is 34.2 Å². The Morgan fingerprint density at radius 2 is 1.31 bits per heavy atom. The third kappa shape index (κ3) is 10.7. The quantitative estimate of drug-likeness (QED) is 0.147. The van der Waals surface area contributed by atoms with E-state index in [1.165, 1.54) is 55.3 Å². The summed E-state index contributed by atoms with van der Waals surface area (Å²) < 4.78 is 16.4. The summed E-state index contributed by atoms with van der Waals surface area (Å²) in [7, 11) is 9.32. The molecule has 1 fully saturated rings. The maximum Gasteiger partial charge on any atom is 0.328 e. The summed E-state index contributed by atoms with van der Waals surface area (Å²) in [6.07, 6.45) is -0.135. The molecule has 0 bridgehead atoms. The van der Waals surface area contributed by atoms with Crippen molar-refractivity contribution in [1.82, 2.24) is 20.0 Å². The van der Waals surface area contributed by atoms with E-state index in [-0.39, 0.29) is 24.3 Å². The number of likely N-dealkylation sites (N-methyl/N-ethyl adjacent to an activating group) is 3. The molecule has 0 radical (unpaired) electrons. The minimum atomic E-state index is -1.48. The minimum absolute atomic E-state index is 0.0318. The van der Waals surface area contributed by atoms with Crippen LogP contribution in [-0.4, -0.2) is 127 Å². The number of carbonyl (C=O) groups is 5. The first-order chi connectivity index (χ1) is 27.9. The Balaban J connectivity index is 1.63. The molecule has 0 saturated heterocycles. The molecule has 3 aromatic carbocycles. The van der Waals surface area contributed by atoms with Gasteiger partial charge in [0.2, 0.25) is 11.8 Å². The molecule has 0 heterocycles. The van der Waals surface area contributed by atoms with Crippen LogP contribution in [0.15, 0.2) is 72.8 Å². The van der Waals surface area contributed by atoms with Crippen LogP contribution in [0.2, 0.25) is 0 Å². The van der Waals surface area contributed by atoms with Gasteiger partial charge >= 0.3 is 11.9 Å². The van der Waals surface area contributed by atoms with Gasteiger partial charge in [-0.3, -0.25) is 24.1 Å². The Morgan fingerprint density at radius 3 is 1.80 bits per heavy atom. The maximum absolute atomic E-state index is 14.9. The number of ether oxygens (including phenoxy) is 3. The molecular formula is C45H60N4O10. The molecule has 14 heteroatoms. The Kier molecular flexibility index (Phi) is 15.5. The molecule has 0 aromatic heterocycles. The van der Waals surface area contributed by atoms with Crippen LogP contribution in [0.4, 0.5) is 0 Å². The third-order valence-electron chi connectivity index (χ3n) is 11.5. The van der Waals surface area contributed by atoms with Crippen LogP contribution in [0.5, 0.6) is 17.2 Å². The highest BCUT2D eigenvalue weighted by Crippen LogP contribution is 2.56. The van der Waals surface area contributed by atoms with Crippen LogP contribution in [0, 0.1) is 11.8 Å². The molecule has 14 nitrogen and oxygen atoms in total. The van der Waals surface area contributed by atoms with Gasteiger partial charge in [0.05, 0.1) is 14.2 Å². The number of phenols is 2. The van der Waals surface area contributed by atoms with E-state index in [1.807, 2.05) is 31.2 Å². The second-order valence-corrected chi connectivity index (χ2v) is 16.0. The number of amides is 3. The number of carbonyl (C=O) groups excluding carboxylic acids is 5. The van der Waals surface area contributed by atoms with Crippen molar-refractivity contribution in [3.63, 3.8) is 0 Å². The summed E-state index contributed by atoms with van der Waals surface area (Å²) in [4.78, 5) is 75.2. The Labute approximate surface area is 347 Å². The summed E-state index contributed by atoms with van der Waals surface area (Å²) in [5.74, 6) is -3.60. The first kappa shape index (κ1) is 46.1. The van der Waals surface area contributed by atoms with Gasteiger partial charge in [-0.05, 0) is 92.4 Å². The van der Waals surface area contributed by atoms with Crippen LogP contribution in [0.3, 0.4) is 0 Å². The number of phenolic OH excluding ortho intramolecular Hbond substituents is 2. The molecule has 7 atom stereocenters. The fourth-order valence-electron chi connectivity index (χ4n) is 7.38. The molecule has 0 spiro atoms. The van der Waals surface area contributed by atoms with E-state index in [1.54, 1.807) is 71.1 Å². The highest BCUT2D eigenvalue weighted by atomic mass is 16.6. The van der Waals surface area contributed by atoms with E-state index in [4.69, 9.17) is 14.2 Å². The summed E-state index contributed by atoms with van der Waals surface area (Å²) in [5, 5.41) is 22.7. The summed E-state index contributed by atoms with van der Waals surface area (Å²) >= 11 is 0. The second-order valence-electron chi connectivity index (χ2n) is 16.0. The average Bonchev–Trinajstić information content (AvgIpc) is 3.98. The monoisotopic (exact) mass is 816 g/mol. The van der Waals surface area contributed by atoms with Crippen molar-refractivity contribution >= 4 is 29.7 Å². The number of nitrogens with zero attached hydrogens (tertiary/aromatic N) is 3. The van der Waals surface area contributed by atoms with Crippen molar-refractivity contribution in [2.45, 2.75) is 89.1 Å². The lowest BCUT2D eigenvalue weighted by Crippen LogP contribution is -2.61. The summed E-state index contributed by atoms with van der Waals surface area (Å²) in [5.41, 5.74) is 0.748. The van der Waals surface area contributed by atoms with Gasteiger partial charge in [0, 0.05) is 32.4 Å². The average molecular weight is 817 g/mol. The van der Waals surface area contributed by atoms with Crippen molar-refractivity contribution in [2.24, 2.45) is 11.8 Å². The predicted molar refractivity (Wildman–Crippen MR) is 222 cm³/mol. The van der Waals surface area contributed by atoms with E-state index in [2.05, 4.69) is 5.32 Å². The van der Waals surface area contributed by atoms with Crippen LogP contribution < -0.4 is 10.1 Å². The smallest absolute Gasteiger partial charge is 0.328 e. The Hall–Kier alpha value is -5.63. The van der Waals surface area contributed by atoms with Crippen molar-refractivity contribution in [1.29, 1.82) is 0 Å². The lowest BCUT2D eigenvalue weighted by Gasteiger charge is -2.37. The van der Waals surface area contributed by atoms with Crippen molar-refractivity contribution in [3.05, 3.63) is 89.5 Å². The molecule has 1 aliphatic rings. The molecule has 1 aliphatic carbocycles. The molecule has 3 aromatic rings. The number of methoxy groups -OCH3 is 2. The zero-order valence-electron chi connectivity index (χ0n) is 35.8. The number of hydrogen-bond donors (Lipinski definition) is 3. The number of rotatable bonds is 19. The molecule has 320 valence electrons. The van der Waals surface area contributed by atoms with E-state index in [0.717, 1.165) is 5.56 Å². The standard InChI is InChI=1S/C45H60N4O10/c1-11-28(4)39(59-43(55)36(47(5)6)24-30-14-22-34(57-9)23-15-30)40(52)46-38(27(2)3)41(53)49(8)45(26-35(45)31-16-20-33(51)21-17-31)44(56)48(7)37(42(54)58-10)25-29-12-18-32(50)19-13-29/h12-23,27-28,35-39,50-51H,11,24-26H2,1-10H3,(H,46,52)/t28-,35?,36+,37?,38-,39+,45?/m1/s1. The van der Waals surface area contributed by atoms with Crippen molar-refractivity contribution < 1.29 is 48.4 Å². The minimum Gasteiger partial charge on any atom is -0.508 e. The molecule has 59 heavy (non-hydrogen) atoms. The van der Waals surface area contributed by atoms with Crippen molar-refractivity contribution in [2.75, 3.05) is 42.4 Å². The Bertz CT molecular complexity index is 1920. The normalized spacial score (nSPS) is 18.5. The molecule has 3 amide bonds. The first-order valence-corrected chi connectivity index (χ1v) is 19.9. The van der Waals surface area contributed by atoms with Gasteiger partial charge in [0.25, 0.3) is 5.91 Å². The first-order valence-electron chi connectivity index (χ1n) is 19.9. The second kappa shape index (κ2) is 19.9. The molecule has 0 aliphatic heterocycles. The van der Waals surface area contributed by atoms with Gasteiger partial charge in [-0.1, -0.05) is 64.1 Å². The number of aromatic hydroxyl groups is 2. The molecule has 3 N–H and O–H groups in total. The fourth-order valence-corrected chi connectivity index (χ4v) is 7.38. The fraction of sp³-hybridized carbons (Fsp3) is 0.489. The summed E-state index contributed by atoms with van der Waals surface area (Å²) in [6.45, 7) is 7.22. The van der Waals surface area contributed by atoms with Gasteiger partial charge in [-0.25, -0.2) is 4.79 Å². The van der Waals surface area contributed by atoms with Gasteiger partial charge in [0.1, 0.15) is 40.9 Å². The van der Waals surface area contributed by atoms with E-state index >= 15 is 0 Å². The van der Waals surface area contributed by atoms with Crippen molar-refractivity contribution in [3.8, 4) is 17.2 Å². The number of hydrogen-bond acceptors (Lipinski definition) is 11. The highest BCUT2D eigenvalue weighted by molar-refractivity contribution is 6.00. The molecule has 4 rings (SSSR count). The maximum atomic E-state index is 14.9. The lowest BCUT2D eigenvalue weighted by molar-refractivity contribution is -0.164. The zero-order valence-corrected chi connectivity index (χ0v) is 35.8. The largest absolute Gasteiger partial charge is 0.508 e. The van der Waals surface area contributed by atoms with Crippen LogP contribution in [-0.2, 0) is 46.3 Å². The van der Waals surface area contributed by atoms with E-state index < -0.39 is 77.2 Å². The molecular weight excluding hydrogens is 757 g/mol. The lowest BCUT2D eigenvalue weighted by atomic mass is 9.96. The summed E-state index contributed by atoms with van der Waals surface area (Å²) in [6, 6.07) is 17.0. The third-order valence-corrected chi connectivity index (χ3v) is 11.5. The van der Waals surface area contributed by atoms with Crippen LogP contribution in [0.1, 0.15) is 63.1 Å². The number of esters is 2. The van der Waals surface area contributed by atoms with Gasteiger partial charge in [-0.15, -0.1) is 0 Å². The number of nitrogens with one attached hydrogen (secondary N) is 1. The predicted octanol–water partition coefficient (Wildman–Crippen LogP) is 4.31. The molecule has 1 saturated carbocycles. The van der Waals surface area contributed by atoms with Crippen LogP contribution >= 0.6 is 0 Å². The molecule has 3 unspecified atom stereocenters. The van der Waals surface area contributed by atoms with Gasteiger partial charge in [-0.2, -0.15) is 0 Å². The van der Waals surface area contributed by atoms with Gasteiger partial charge < -0.3 is 39.5 Å². The van der Waals surface area contributed by atoms with Gasteiger partial charge in [0.15, 0.2) is 6.10 Å². The number of benzene rings is 3. The van der Waals surface area contributed by atoms with Crippen LogP contribution in [0.25, 0.3) is 0 Å². The van der Waals surface area contributed by atoms with E-state index in [0.29, 0.717) is 29.7 Å². The SMILES string of the molecule is CC[C@@H](C)[C@H](OC(=O)[C@H](Cc1ccc(OC)cc1)N(C)C)C(=O)N[C@@H](C(=O)N(C)C1(C(=O)N(C)C(Cc2ccc(O)cc2)C(=O)OC)CC1c1ccc(O)cc1)C(C)C.